The van der Waals surface area contributed by atoms with Gasteiger partial charge >= 0.3 is 6.03 Å². The van der Waals surface area contributed by atoms with Crippen molar-refractivity contribution in [1.29, 1.82) is 0 Å². The topological polar surface area (TPSA) is 110 Å². The lowest BCUT2D eigenvalue weighted by Gasteiger charge is -2.27. The second-order valence-electron chi connectivity index (χ2n) is 6.29. The van der Waals surface area contributed by atoms with E-state index in [-0.39, 0.29) is 6.54 Å². The summed E-state index contributed by atoms with van der Waals surface area (Å²) in [5.41, 5.74) is 5.15. The number of primary amides is 1. The Bertz CT molecular complexity index is 681. The van der Waals surface area contributed by atoms with Crippen LogP contribution in [0.2, 0.25) is 0 Å². The molecule has 134 valence electrons. The van der Waals surface area contributed by atoms with Crippen molar-refractivity contribution in [1.82, 2.24) is 10.2 Å². The summed E-state index contributed by atoms with van der Waals surface area (Å²) in [7, 11) is 1.47. The first kappa shape index (κ1) is 20.1. The zero-order valence-electron chi connectivity index (χ0n) is 14.6. The Labute approximate surface area is 146 Å². The van der Waals surface area contributed by atoms with Gasteiger partial charge in [0.1, 0.15) is 0 Å². The standard InChI is InChI=1S/C18H23N3O4/c1-18(2,16(19)24)12-21(3)17(25)20-11-15(23)14(22)10-9-13-7-5-4-6-8-13/h4-10H,11-12H2,1-3H3,(H2,19,24)(H,20,25)/b10-9+. The van der Waals surface area contributed by atoms with E-state index in [2.05, 4.69) is 5.32 Å². The van der Waals surface area contributed by atoms with Crippen LogP contribution in [0.15, 0.2) is 36.4 Å². The molecule has 0 unspecified atom stereocenters. The maximum Gasteiger partial charge on any atom is 0.317 e. The van der Waals surface area contributed by atoms with E-state index in [1.165, 1.54) is 24.1 Å². The lowest BCUT2D eigenvalue weighted by Crippen LogP contribution is -2.47. The molecule has 1 rings (SSSR count). The largest absolute Gasteiger partial charge is 0.369 e. The van der Waals surface area contributed by atoms with Gasteiger partial charge in [0.05, 0.1) is 12.0 Å². The molecule has 0 saturated carbocycles. The second kappa shape index (κ2) is 8.77. The molecule has 0 aromatic heterocycles. The number of nitrogens with one attached hydrogen (secondary N) is 1. The van der Waals surface area contributed by atoms with Crippen molar-refractivity contribution >= 4 is 29.6 Å². The van der Waals surface area contributed by atoms with Gasteiger partial charge < -0.3 is 16.0 Å². The molecule has 7 nitrogen and oxygen atoms in total. The Kier molecular flexibility index (Phi) is 7.05. The van der Waals surface area contributed by atoms with E-state index >= 15 is 0 Å². The molecule has 0 aliphatic heterocycles. The van der Waals surface area contributed by atoms with Gasteiger partial charge in [-0.2, -0.15) is 0 Å². The van der Waals surface area contributed by atoms with Gasteiger partial charge in [0.25, 0.3) is 0 Å². The van der Waals surface area contributed by atoms with Gasteiger partial charge in [-0.05, 0) is 25.5 Å². The molecule has 0 heterocycles. The average Bonchev–Trinajstić information content (AvgIpc) is 2.57. The lowest BCUT2D eigenvalue weighted by atomic mass is 9.92. The number of carbonyl (C=O) groups is 4. The number of hydrogen-bond acceptors (Lipinski definition) is 4. The van der Waals surface area contributed by atoms with E-state index in [1.807, 2.05) is 18.2 Å². The Morgan fingerprint density at radius 3 is 2.32 bits per heavy atom. The van der Waals surface area contributed by atoms with Crippen LogP contribution in [0.5, 0.6) is 0 Å². The normalized spacial score (nSPS) is 11.2. The van der Waals surface area contributed by atoms with Gasteiger partial charge in [0, 0.05) is 13.6 Å². The fourth-order valence-corrected chi connectivity index (χ4v) is 1.95. The van der Waals surface area contributed by atoms with Gasteiger partial charge in [-0.1, -0.05) is 36.4 Å². The van der Waals surface area contributed by atoms with Crippen molar-refractivity contribution in [3.8, 4) is 0 Å². The molecule has 3 amide bonds. The smallest absolute Gasteiger partial charge is 0.317 e. The lowest BCUT2D eigenvalue weighted by molar-refractivity contribution is -0.133. The van der Waals surface area contributed by atoms with E-state index in [0.717, 1.165) is 5.56 Å². The summed E-state index contributed by atoms with van der Waals surface area (Å²) in [4.78, 5) is 48.0. The summed E-state index contributed by atoms with van der Waals surface area (Å²) < 4.78 is 0. The minimum Gasteiger partial charge on any atom is -0.369 e. The third kappa shape index (κ3) is 6.58. The summed E-state index contributed by atoms with van der Waals surface area (Å²) in [6, 6.07) is 8.50. The van der Waals surface area contributed by atoms with Crippen LogP contribution in [0.4, 0.5) is 4.79 Å². The van der Waals surface area contributed by atoms with E-state index in [0.29, 0.717) is 0 Å². The molecule has 1 aromatic rings. The van der Waals surface area contributed by atoms with Gasteiger partial charge in [0.2, 0.25) is 17.5 Å². The van der Waals surface area contributed by atoms with Gasteiger partial charge in [-0.15, -0.1) is 0 Å². The second-order valence-corrected chi connectivity index (χ2v) is 6.29. The first-order valence-corrected chi connectivity index (χ1v) is 7.72. The monoisotopic (exact) mass is 345 g/mol. The maximum absolute atomic E-state index is 11.9. The summed E-state index contributed by atoms with van der Waals surface area (Å²) in [6.07, 6.45) is 2.70. The highest BCUT2D eigenvalue weighted by molar-refractivity contribution is 6.43. The van der Waals surface area contributed by atoms with E-state index in [1.54, 1.807) is 26.0 Å². The molecule has 0 spiro atoms. The van der Waals surface area contributed by atoms with Crippen LogP contribution in [-0.4, -0.2) is 48.5 Å². The molecule has 25 heavy (non-hydrogen) atoms. The third-order valence-corrected chi connectivity index (χ3v) is 3.55. The number of rotatable bonds is 8. The van der Waals surface area contributed by atoms with E-state index < -0.39 is 35.5 Å². The molecule has 0 fully saturated rings. The van der Waals surface area contributed by atoms with Crippen LogP contribution in [0.1, 0.15) is 19.4 Å². The predicted octanol–water partition coefficient (Wildman–Crippen LogP) is 0.991. The number of ketones is 2. The summed E-state index contributed by atoms with van der Waals surface area (Å²) in [6.45, 7) is 2.90. The fourth-order valence-electron chi connectivity index (χ4n) is 1.95. The molecule has 7 heteroatoms. The van der Waals surface area contributed by atoms with Crippen molar-refractivity contribution in [2.75, 3.05) is 20.1 Å². The van der Waals surface area contributed by atoms with E-state index in [4.69, 9.17) is 5.73 Å². The quantitative estimate of drug-likeness (QED) is 0.541. The van der Waals surface area contributed by atoms with Crippen molar-refractivity contribution in [2.45, 2.75) is 13.8 Å². The Morgan fingerprint density at radius 2 is 1.76 bits per heavy atom. The fraction of sp³-hybridized carbons (Fsp3) is 0.333. The highest BCUT2D eigenvalue weighted by Gasteiger charge is 2.28. The molecule has 0 aliphatic rings. The average molecular weight is 345 g/mol. The molecule has 0 saturated heterocycles. The summed E-state index contributed by atoms with van der Waals surface area (Å²) in [5, 5.41) is 2.35. The predicted molar refractivity (Wildman–Crippen MR) is 94.5 cm³/mol. The van der Waals surface area contributed by atoms with Crippen molar-refractivity contribution < 1.29 is 19.2 Å². The first-order valence-electron chi connectivity index (χ1n) is 7.72. The van der Waals surface area contributed by atoms with Gasteiger partial charge in [-0.3, -0.25) is 14.4 Å². The highest BCUT2D eigenvalue weighted by atomic mass is 16.2. The van der Waals surface area contributed by atoms with E-state index in [9.17, 15) is 19.2 Å². The number of amides is 3. The van der Waals surface area contributed by atoms with Crippen LogP contribution < -0.4 is 11.1 Å². The Balaban J connectivity index is 2.49. The minimum atomic E-state index is -0.898. The Morgan fingerprint density at radius 1 is 1.16 bits per heavy atom. The molecule has 0 atom stereocenters. The number of urea groups is 1. The number of allylic oxidation sites excluding steroid dienone is 1. The number of nitrogens with two attached hydrogens (primary N) is 1. The van der Waals surface area contributed by atoms with Crippen LogP contribution in [-0.2, 0) is 14.4 Å². The zero-order chi connectivity index (χ0) is 19.0. The third-order valence-electron chi connectivity index (χ3n) is 3.55. The molecule has 1 aromatic carbocycles. The highest BCUT2D eigenvalue weighted by Crippen LogP contribution is 2.15. The van der Waals surface area contributed by atoms with Crippen molar-refractivity contribution in [3.63, 3.8) is 0 Å². The number of hydrogen-bond donors (Lipinski definition) is 2. The molecule has 0 radical (unpaired) electrons. The van der Waals surface area contributed by atoms with Crippen molar-refractivity contribution in [3.05, 3.63) is 42.0 Å². The summed E-state index contributed by atoms with van der Waals surface area (Å²) >= 11 is 0. The number of benzene rings is 1. The van der Waals surface area contributed by atoms with Gasteiger partial charge in [0.15, 0.2) is 0 Å². The Hall–Kier alpha value is -2.96. The molecular weight excluding hydrogens is 322 g/mol. The first-order chi connectivity index (χ1) is 11.6. The number of nitrogens with zero attached hydrogens (tertiary/aromatic N) is 1. The molecule has 0 aliphatic carbocycles. The minimum absolute atomic E-state index is 0.0875. The number of Topliss-reactive ketones (excluding diaryl/α,β-unsaturated/α-hetero) is 1. The van der Waals surface area contributed by atoms with Crippen LogP contribution in [0.25, 0.3) is 6.08 Å². The van der Waals surface area contributed by atoms with Gasteiger partial charge in [-0.25, -0.2) is 4.79 Å². The summed E-state index contributed by atoms with van der Waals surface area (Å²) in [5.74, 6) is -1.98. The zero-order valence-corrected chi connectivity index (χ0v) is 14.6. The molecule has 0 bridgehead atoms. The van der Waals surface area contributed by atoms with Crippen LogP contribution in [0.3, 0.4) is 0 Å². The molecular formula is C18H23N3O4. The molecule has 3 N–H and O–H groups in total. The SMILES string of the molecule is CN(CC(C)(C)C(N)=O)C(=O)NCC(=O)C(=O)/C=C/c1ccccc1. The van der Waals surface area contributed by atoms with Crippen LogP contribution >= 0.6 is 0 Å². The maximum atomic E-state index is 11.9. The van der Waals surface area contributed by atoms with Crippen molar-refractivity contribution in [2.24, 2.45) is 11.1 Å². The van der Waals surface area contributed by atoms with Crippen LogP contribution in [0, 0.1) is 5.41 Å². The number of carbonyl (C=O) groups excluding carboxylic acids is 4.